The van der Waals surface area contributed by atoms with Gasteiger partial charge in [-0.3, -0.25) is 0 Å². The first kappa shape index (κ1) is 21.0. The summed E-state index contributed by atoms with van der Waals surface area (Å²) in [5.74, 6) is 1.33. The molecule has 0 aliphatic rings. The predicted molar refractivity (Wildman–Crippen MR) is 121 cm³/mol. The van der Waals surface area contributed by atoms with Crippen LogP contribution in [0.5, 0.6) is 5.75 Å². The van der Waals surface area contributed by atoms with Crippen molar-refractivity contribution in [2.45, 2.75) is 46.5 Å². The lowest BCUT2D eigenvalue weighted by Gasteiger charge is -2.25. The van der Waals surface area contributed by atoms with Crippen LogP contribution >= 0.6 is 25.3 Å². The molecule has 0 N–H and O–H groups in total. The van der Waals surface area contributed by atoms with E-state index in [0.29, 0.717) is 12.5 Å². The van der Waals surface area contributed by atoms with Gasteiger partial charge in [-0.1, -0.05) is 71.0 Å². The van der Waals surface area contributed by atoms with Crippen LogP contribution in [0.25, 0.3) is 9.81 Å². The van der Waals surface area contributed by atoms with Crippen LogP contribution in [0.4, 0.5) is 0 Å². The molecular formula is C23H30OS2. The molecule has 0 spiro atoms. The summed E-state index contributed by atoms with van der Waals surface area (Å²) in [5.41, 5.74) is 3.44. The zero-order valence-electron chi connectivity index (χ0n) is 16.4. The third-order valence-electron chi connectivity index (χ3n) is 4.74. The summed E-state index contributed by atoms with van der Waals surface area (Å²) >= 11 is 9.59. The molecule has 2 aromatic carbocycles. The van der Waals surface area contributed by atoms with Crippen LogP contribution in [-0.2, 0) is 5.41 Å². The Labute approximate surface area is 169 Å². The number of hydrogen-bond donors (Lipinski definition) is 2. The van der Waals surface area contributed by atoms with Gasteiger partial charge in [0.05, 0.1) is 6.61 Å². The first-order chi connectivity index (χ1) is 12.3. The van der Waals surface area contributed by atoms with Crippen molar-refractivity contribution >= 4 is 35.1 Å². The average molecular weight is 387 g/mol. The monoisotopic (exact) mass is 386 g/mol. The van der Waals surface area contributed by atoms with Gasteiger partial charge in [-0.25, -0.2) is 0 Å². The van der Waals surface area contributed by atoms with Gasteiger partial charge in [0.25, 0.3) is 0 Å². The van der Waals surface area contributed by atoms with Crippen molar-refractivity contribution in [2.75, 3.05) is 6.61 Å². The standard InChI is InChI=1S/C23H30OS2/c1-6-23(4,5)18-12-13-20(24-15-16(2)3)19(14-18)22(26)21(25)17-10-8-7-9-11-17/h7-14,16,25-26H,6,15H2,1-5H3. The Bertz CT molecular complexity index is 761. The second-order valence-corrected chi connectivity index (χ2v) is 8.61. The molecule has 0 aromatic heterocycles. The van der Waals surface area contributed by atoms with E-state index in [-0.39, 0.29) is 5.41 Å². The topological polar surface area (TPSA) is 9.23 Å². The van der Waals surface area contributed by atoms with E-state index in [1.165, 1.54) is 5.56 Å². The van der Waals surface area contributed by atoms with Crippen LogP contribution in [0.1, 0.15) is 57.7 Å². The van der Waals surface area contributed by atoms with Crippen molar-refractivity contribution in [1.29, 1.82) is 0 Å². The van der Waals surface area contributed by atoms with E-state index >= 15 is 0 Å². The molecule has 0 saturated carbocycles. The quantitative estimate of drug-likeness (QED) is 0.381. The largest absolute Gasteiger partial charge is 0.493 e. The first-order valence-electron chi connectivity index (χ1n) is 9.21. The number of thiol groups is 2. The van der Waals surface area contributed by atoms with Gasteiger partial charge in [0.2, 0.25) is 0 Å². The third kappa shape index (κ3) is 5.11. The van der Waals surface area contributed by atoms with Crippen LogP contribution in [0.2, 0.25) is 0 Å². The third-order valence-corrected chi connectivity index (χ3v) is 5.87. The van der Waals surface area contributed by atoms with Gasteiger partial charge < -0.3 is 4.74 Å². The van der Waals surface area contributed by atoms with Crippen LogP contribution in [0.3, 0.4) is 0 Å². The molecule has 0 aliphatic heterocycles. The van der Waals surface area contributed by atoms with Crippen molar-refractivity contribution in [3.05, 3.63) is 65.2 Å². The zero-order chi connectivity index (χ0) is 19.3. The fourth-order valence-electron chi connectivity index (χ4n) is 2.58. The maximum absolute atomic E-state index is 6.09. The molecule has 1 nitrogen and oxygen atoms in total. The summed E-state index contributed by atoms with van der Waals surface area (Å²) < 4.78 is 6.09. The number of benzene rings is 2. The summed E-state index contributed by atoms with van der Waals surface area (Å²) in [6, 6.07) is 16.6. The fraction of sp³-hybridized carbons (Fsp3) is 0.391. The second kappa shape index (κ2) is 9.05. The SMILES string of the molecule is CCC(C)(C)c1ccc(OCC(C)C)c(C(S)=C(S)c2ccccc2)c1. The van der Waals surface area contributed by atoms with E-state index in [1.54, 1.807) is 0 Å². The summed E-state index contributed by atoms with van der Waals surface area (Å²) in [6.45, 7) is 11.7. The molecule has 0 atom stereocenters. The maximum atomic E-state index is 6.09. The highest BCUT2D eigenvalue weighted by atomic mass is 32.1. The summed E-state index contributed by atoms with van der Waals surface area (Å²) in [7, 11) is 0. The Hall–Kier alpha value is -1.32. The van der Waals surface area contributed by atoms with Gasteiger partial charge in [0, 0.05) is 15.4 Å². The highest BCUT2D eigenvalue weighted by Crippen LogP contribution is 2.39. The number of ether oxygens (including phenoxy) is 1. The Morgan fingerprint density at radius 1 is 1.00 bits per heavy atom. The van der Waals surface area contributed by atoms with Gasteiger partial charge >= 0.3 is 0 Å². The van der Waals surface area contributed by atoms with Crippen molar-refractivity contribution in [3.63, 3.8) is 0 Å². The van der Waals surface area contributed by atoms with Crippen molar-refractivity contribution in [1.82, 2.24) is 0 Å². The van der Waals surface area contributed by atoms with E-state index in [0.717, 1.165) is 33.1 Å². The maximum Gasteiger partial charge on any atom is 0.127 e. The molecule has 0 heterocycles. The number of rotatable bonds is 7. The lowest BCUT2D eigenvalue weighted by Crippen LogP contribution is -2.16. The molecule has 0 fully saturated rings. The Morgan fingerprint density at radius 3 is 2.23 bits per heavy atom. The molecule has 140 valence electrons. The van der Waals surface area contributed by atoms with E-state index < -0.39 is 0 Å². The summed E-state index contributed by atoms with van der Waals surface area (Å²) in [6.07, 6.45) is 1.07. The van der Waals surface area contributed by atoms with E-state index in [4.69, 9.17) is 30.0 Å². The van der Waals surface area contributed by atoms with Crippen LogP contribution in [0.15, 0.2) is 48.5 Å². The average Bonchev–Trinajstić information content (AvgIpc) is 2.65. The predicted octanol–water partition coefficient (Wildman–Crippen LogP) is 7.09. The van der Waals surface area contributed by atoms with Crippen molar-refractivity contribution in [3.8, 4) is 5.75 Å². The van der Waals surface area contributed by atoms with Crippen LogP contribution in [0, 0.1) is 5.92 Å². The molecule has 0 unspecified atom stereocenters. The van der Waals surface area contributed by atoms with Gasteiger partial charge in [-0.2, -0.15) is 0 Å². The highest BCUT2D eigenvalue weighted by Gasteiger charge is 2.21. The highest BCUT2D eigenvalue weighted by molar-refractivity contribution is 7.96. The second-order valence-electron chi connectivity index (χ2n) is 7.72. The normalized spacial score (nSPS) is 12.9. The molecule has 2 aromatic rings. The minimum atomic E-state index is 0.100. The molecule has 0 bridgehead atoms. The van der Waals surface area contributed by atoms with E-state index in [9.17, 15) is 0 Å². The lowest BCUT2D eigenvalue weighted by atomic mass is 9.81. The van der Waals surface area contributed by atoms with Gasteiger partial charge in [0.1, 0.15) is 5.75 Å². The molecule has 0 radical (unpaired) electrons. The Balaban J connectivity index is 2.56. The fourth-order valence-corrected chi connectivity index (χ4v) is 3.16. The molecule has 0 amide bonds. The number of hydrogen-bond acceptors (Lipinski definition) is 3. The van der Waals surface area contributed by atoms with E-state index in [1.807, 2.05) is 30.3 Å². The van der Waals surface area contributed by atoms with Gasteiger partial charge in [-0.05, 0) is 41.0 Å². The molecule has 0 aliphatic carbocycles. The zero-order valence-corrected chi connectivity index (χ0v) is 18.2. The summed E-state index contributed by atoms with van der Waals surface area (Å²) in [5, 5.41) is 0. The van der Waals surface area contributed by atoms with Crippen molar-refractivity contribution in [2.24, 2.45) is 5.92 Å². The molecule has 0 saturated heterocycles. The minimum Gasteiger partial charge on any atom is -0.493 e. The molecular weight excluding hydrogens is 356 g/mol. The Kier molecular flexibility index (Phi) is 7.31. The van der Waals surface area contributed by atoms with Crippen LogP contribution in [-0.4, -0.2) is 6.61 Å². The first-order valence-corrected chi connectivity index (χ1v) is 10.1. The van der Waals surface area contributed by atoms with Crippen LogP contribution < -0.4 is 4.74 Å². The molecule has 26 heavy (non-hydrogen) atoms. The van der Waals surface area contributed by atoms with Gasteiger partial charge in [-0.15, -0.1) is 25.3 Å². The summed E-state index contributed by atoms with van der Waals surface area (Å²) in [4.78, 5) is 1.70. The van der Waals surface area contributed by atoms with Crippen molar-refractivity contribution < 1.29 is 4.74 Å². The minimum absolute atomic E-state index is 0.100. The van der Waals surface area contributed by atoms with Gasteiger partial charge in [0.15, 0.2) is 0 Å². The molecule has 2 rings (SSSR count). The van der Waals surface area contributed by atoms with E-state index in [2.05, 4.69) is 52.8 Å². The Morgan fingerprint density at radius 2 is 1.65 bits per heavy atom. The lowest BCUT2D eigenvalue weighted by molar-refractivity contribution is 0.270. The smallest absolute Gasteiger partial charge is 0.127 e. The molecule has 3 heteroatoms.